The number of amides is 1. The molecule has 1 saturated heterocycles. The fraction of sp³-hybridized carbons (Fsp3) is 0.400. The number of benzene rings is 1. The maximum atomic E-state index is 12.3. The molecular formula is C15H17N3O3. The van der Waals surface area contributed by atoms with Crippen LogP contribution < -0.4 is 4.74 Å². The van der Waals surface area contributed by atoms with Gasteiger partial charge in [0.05, 0.1) is 12.7 Å². The second-order valence-corrected chi connectivity index (χ2v) is 4.97. The lowest BCUT2D eigenvalue weighted by Crippen LogP contribution is -2.35. The predicted octanol–water partition coefficient (Wildman–Crippen LogP) is 2.37. The van der Waals surface area contributed by atoms with Crippen LogP contribution in [-0.4, -0.2) is 41.2 Å². The fourth-order valence-electron chi connectivity index (χ4n) is 2.47. The van der Waals surface area contributed by atoms with Gasteiger partial charge in [-0.3, -0.25) is 4.79 Å². The van der Waals surface area contributed by atoms with Crippen LogP contribution >= 0.6 is 0 Å². The number of para-hydroxylation sites is 1. The number of methoxy groups -OCH3 is 1. The van der Waals surface area contributed by atoms with E-state index in [2.05, 4.69) is 10.2 Å². The summed E-state index contributed by atoms with van der Waals surface area (Å²) in [5.41, 5.74) is 0.685. The van der Waals surface area contributed by atoms with Crippen molar-refractivity contribution in [2.45, 2.75) is 19.3 Å². The van der Waals surface area contributed by atoms with E-state index in [9.17, 15) is 4.79 Å². The number of carbonyl (C=O) groups excluding carboxylic acids is 1. The van der Waals surface area contributed by atoms with Gasteiger partial charge in [-0.1, -0.05) is 12.1 Å². The van der Waals surface area contributed by atoms with Crippen molar-refractivity contribution in [1.82, 2.24) is 15.1 Å². The molecule has 0 unspecified atom stereocenters. The second kappa shape index (κ2) is 5.95. The van der Waals surface area contributed by atoms with Crippen molar-refractivity contribution < 1.29 is 13.9 Å². The molecule has 0 saturated carbocycles. The van der Waals surface area contributed by atoms with Gasteiger partial charge in [0.2, 0.25) is 0 Å². The summed E-state index contributed by atoms with van der Waals surface area (Å²) >= 11 is 0. The minimum absolute atomic E-state index is 0.0396. The highest BCUT2D eigenvalue weighted by Gasteiger charge is 2.24. The Morgan fingerprint density at radius 3 is 2.71 bits per heavy atom. The number of ether oxygens (including phenoxy) is 1. The van der Waals surface area contributed by atoms with Gasteiger partial charge in [-0.25, -0.2) is 0 Å². The molecule has 0 N–H and O–H groups in total. The van der Waals surface area contributed by atoms with E-state index >= 15 is 0 Å². The third kappa shape index (κ3) is 2.74. The van der Waals surface area contributed by atoms with Crippen molar-refractivity contribution in [3.63, 3.8) is 0 Å². The number of nitrogens with zero attached hydrogens (tertiary/aromatic N) is 3. The summed E-state index contributed by atoms with van der Waals surface area (Å²) < 4.78 is 10.8. The van der Waals surface area contributed by atoms with E-state index in [0.29, 0.717) is 17.2 Å². The van der Waals surface area contributed by atoms with Crippen LogP contribution in [-0.2, 0) is 0 Å². The molecule has 0 bridgehead atoms. The number of hydrogen-bond donors (Lipinski definition) is 0. The molecule has 1 aromatic carbocycles. The first-order chi connectivity index (χ1) is 10.3. The molecule has 2 aromatic rings. The molecular weight excluding hydrogens is 270 g/mol. The molecule has 110 valence electrons. The van der Waals surface area contributed by atoms with E-state index in [1.807, 2.05) is 24.3 Å². The van der Waals surface area contributed by atoms with Crippen molar-refractivity contribution in [2.75, 3.05) is 20.2 Å². The van der Waals surface area contributed by atoms with E-state index in [0.717, 1.165) is 25.9 Å². The highest BCUT2D eigenvalue weighted by atomic mass is 16.5. The Morgan fingerprint density at radius 1 is 1.19 bits per heavy atom. The molecule has 21 heavy (non-hydrogen) atoms. The van der Waals surface area contributed by atoms with Crippen LogP contribution in [0, 0.1) is 0 Å². The lowest BCUT2D eigenvalue weighted by molar-refractivity contribution is 0.0684. The summed E-state index contributed by atoms with van der Waals surface area (Å²) in [6.45, 7) is 1.51. The third-order valence-corrected chi connectivity index (χ3v) is 3.59. The molecule has 0 spiro atoms. The SMILES string of the molecule is COc1ccccc1-c1nnc(C(=O)N2CCCCC2)o1. The Hall–Kier alpha value is -2.37. The Balaban J connectivity index is 1.84. The van der Waals surface area contributed by atoms with Crippen molar-refractivity contribution >= 4 is 5.91 Å². The summed E-state index contributed by atoms with van der Waals surface area (Å²) in [5.74, 6) is 0.784. The van der Waals surface area contributed by atoms with E-state index < -0.39 is 0 Å². The van der Waals surface area contributed by atoms with Crippen molar-refractivity contribution in [2.24, 2.45) is 0 Å². The first-order valence-electron chi connectivity index (χ1n) is 7.06. The first kappa shape index (κ1) is 13.6. The highest BCUT2D eigenvalue weighted by Crippen LogP contribution is 2.28. The van der Waals surface area contributed by atoms with E-state index in [4.69, 9.17) is 9.15 Å². The van der Waals surface area contributed by atoms with Gasteiger partial charge in [-0.2, -0.15) is 0 Å². The van der Waals surface area contributed by atoms with Gasteiger partial charge in [0.25, 0.3) is 5.89 Å². The Morgan fingerprint density at radius 2 is 1.95 bits per heavy atom. The summed E-state index contributed by atoms with van der Waals surface area (Å²) in [5, 5.41) is 7.85. The first-order valence-corrected chi connectivity index (χ1v) is 7.06. The third-order valence-electron chi connectivity index (χ3n) is 3.59. The minimum atomic E-state index is -0.191. The predicted molar refractivity (Wildman–Crippen MR) is 76.0 cm³/mol. The van der Waals surface area contributed by atoms with Crippen molar-refractivity contribution in [3.05, 3.63) is 30.2 Å². The topological polar surface area (TPSA) is 68.5 Å². The molecule has 1 aliphatic heterocycles. The van der Waals surface area contributed by atoms with Gasteiger partial charge in [0.15, 0.2) is 0 Å². The molecule has 0 atom stereocenters. The molecule has 1 amide bonds. The monoisotopic (exact) mass is 287 g/mol. The molecule has 0 radical (unpaired) electrons. The van der Waals surface area contributed by atoms with Gasteiger partial charge in [0, 0.05) is 13.1 Å². The Bertz CT molecular complexity index is 633. The van der Waals surface area contributed by atoms with Crippen LogP contribution in [0.4, 0.5) is 0 Å². The van der Waals surface area contributed by atoms with Crippen LogP contribution in [0.25, 0.3) is 11.5 Å². The second-order valence-electron chi connectivity index (χ2n) is 4.97. The molecule has 0 aliphatic carbocycles. The number of aromatic nitrogens is 2. The van der Waals surface area contributed by atoms with Crippen LogP contribution in [0.3, 0.4) is 0 Å². The van der Waals surface area contributed by atoms with E-state index in [1.54, 1.807) is 12.0 Å². The summed E-state index contributed by atoms with van der Waals surface area (Å²) in [6, 6.07) is 7.35. The van der Waals surface area contributed by atoms with Gasteiger partial charge in [0.1, 0.15) is 5.75 Å². The van der Waals surface area contributed by atoms with Crippen LogP contribution in [0.1, 0.15) is 29.9 Å². The number of hydrogen-bond acceptors (Lipinski definition) is 5. The maximum absolute atomic E-state index is 12.3. The smallest absolute Gasteiger partial charge is 0.311 e. The average Bonchev–Trinajstić information content (AvgIpc) is 3.04. The van der Waals surface area contributed by atoms with Gasteiger partial charge < -0.3 is 14.1 Å². The lowest BCUT2D eigenvalue weighted by Gasteiger charge is -2.24. The van der Waals surface area contributed by atoms with Gasteiger partial charge in [-0.05, 0) is 31.4 Å². The van der Waals surface area contributed by atoms with Crippen LogP contribution in [0.15, 0.2) is 28.7 Å². The quantitative estimate of drug-likeness (QED) is 0.867. The Kier molecular flexibility index (Phi) is 3.85. The standard InChI is InChI=1S/C15H17N3O3/c1-20-12-8-4-3-7-11(12)13-16-17-14(21-13)15(19)18-9-5-2-6-10-18/h3-4,7-8H,2,5-6,9-10H2,1H3. The largest absolute Gasteiger partial charge is 0.496 e. The Labute approximate surface area is 122 Å². The molecule has 6 heteroatoms. The average molecular weight is 287 g/mol. The van der Waals surface area contributed by atoms with Crippen molar-refractivity contribution in [1.29, 1.82) is 0 Å². The number of likely N-dealkylation sites (tertiary alicyclic amines) is 1. The fourth-order valence-corrected chi connectivity index (χ4v) is 2.47. The highest BCUT2D eigenvalue weighted by molar-refractivity contribution is 5.89. The van der Waals surface area contributed by atoms with E-state index in [1.165, 1.54) is 6.42 Å². The van der Waals surface area contributed by atoms with Gasteiger partial charge >= 0.3 is 11.8 Å². The summed E-state index contributed by atoms with van der Waals surface area (Å²) in [4.78, 5) is 14.1. The molecule has 1 aliphatic rings. The van der Waals surface area contributed by atoms with E-state index in [-0.39, 0.29) is 11.8 Å². The normalized spacial score (nSPS) is 15.0. The number of rotatable bonds is 3. The molecule has 3 rings (SSSR count). The van der Waals surface area contributed by atoms with Gasteiger partial charge in [-0.15, -0.1) is 10.2 Å². The van der Waals surface area contributed by atoms with Crippen LogP contribution in [0.2, 0.25) is 0 Å². The lowest BCUT2D eigenvalue weighted by atomic mass is 10.1. The summed E-state index contributed by atoms with van der Waals surface area (Å²) in [7, 11) is 1.58. The zero-order valence-electron chi connectivity index (χ0n) is 11.9. The number of piperidine rings is 1. The molecule has 1 fully saturated rings. The zero-order valence-corrected chi connectivity index (χ0v) is 11.9. The molecule has 2 heterocycles. The number of carbonyl (C=O) groups is 1. The zero-order chi connectivity index (χ0) is 14.7. The maximum Gasteiger partial charge on any atom is 0.311 e. The van der Waals surface area contributed by atoms with Crippen LogP contribution in [0.5, 0.6) is 5.75 Å². The molecule has 6 nitrogen and oxygen atoms in total. The van der Waals surface area contributed by atoms with Crippen molar-refractivity contribution in [3.8, 4) is 17.2 Å². The summed E-state index contributed by atoms with van der Waals surface area (Å²) in [6.07, 6.45) is 3.22. The molecule has 1 aromatic heterocycles. The minimum Gasteiger partial charge on any atom is -0.496 e.